The van der Waals surface area contributed by atoms with Gasteiger partial charge in [-0.15, -0.1) is 0 Å². The highest BCUT2D eigenvalue weighted by atomic mass is 16.5. The van der Waals surface area contributed by atoms with Gasteiger partial charge in [-0.3, -0.25) is 4.79 Å². The summed E-state index contributed by atoms with van der Waals surface area (Å²) in [7, 11) is 0. The van der Waals surface area contributed by atoms with Crippen molar-refractivity contribution >= 4 is 5.91 Å². The molecule has 2 rings (SSSR count). The first kappa shape index (κ1) is 13.1. The summed E-state index contributed by atoms with van der Waals surface area (Å²) in [4.78, 5) is 11.7. The van der Waals surface area contributed by atoms with Crippen LogP contribution >= 0.6 is 0 Å². The first-order valence-electron chi connectivity index (χ1n) is 6.34. The number of carbonyl (C=O) groups excluding carboxylic acids is 1. The molecule has 0 saturated heterocycles. The molecule has 1 aromatic carbocycles. The Labute approximate surface area is 107 Å². The molecule has 0 heterocycles. The van der Waals surface area contributed by atoms with Crippen LogP contribution in [0.2, 0.25) is 0 Å². The minimum Gasteiger partial charge on any atom is -0.383 e. The van der Waals surface area contributed by atoms with Crippen molar-refractivity contribution in [2.75, 3.05) is 6.61 Å². The van der Waals surface area contributed by atoms with Crippen LogP contribution in [0.1, 0.15) is 18.9 Å². The van der Waals surface area contributed by atoms with Gasteiger partial charge in [0.25, 0.3) is 0 Å². The molecule has 2 N–H and O–H groups in total. The number of hydrogen-bond donors (Lipinski definition) is 2. The molecular weight excluding hydrogens is 230 g/mol. The normalized spacial score (nSPS) is 23.4. The van der Waals surface area contributed by atoms with Gasteiger partial charge in [0, 0.05) is 13.0 Å². The molecule has 0 aromatic heterocycles. The third-order valence-electron chi connectivity index (χ3n) is 3.01. The Morgan fingerprint density at radius 2 is 2.22 bits per heavy atom. The van der Waals surface area contributed by atoms with Crippen LogP contribution in [-0.2, 0) is 16.0 Å². The summed E-state index contributed by atoms with van der Waals surface area (Å²) in [5, 5.41) is 12.6. The van der Waals surface area contributed by atoms with Crippen LogP contribution in [0.15, 0.2) is 30.3 Å². The number of rotatable bonds is 6. The number of amides is 1. The fraction of sp³-hybridized carbons (Fsp3) is 0.500. The van der Waals surface area contributed by atoms with Gasteiger partial charge < -0.3 is 15.2 Å². The van der Waals surface area contributed by atoms with E-state index in [4.69, 9.17) is 4.74 Å². The molecule has 0 unspecified atom stereocenters. The number of ether oxygens (including phenoxy) is 1. The van der Waals surface area contributed by atoms with Crippen molar-refractivity contribution < 1.29 is 14.6 Å². The van der Waals surface area contributed by atoms with Crippen molar-refractivity contribution in [3.05, 3.63) is 35.9 Å². The predicted molar refractivity (Wildman–Crippen MR) is 68.1 cm³/mol. The van der Waals surface area contributed by atoms with Gasteiger partial charge in [0.1, 0.15) is 6.10 Å². The highest BCUT2D eigenvalue weighted by Gasteiger charge is 2.39. The molecule has 1 aliphatic rings. The average molecular weight is 249 g/mol. The fourth-order valence-corrected chi connectivity index (χ4v) is 1.93. The molecule has 1 saturated carbocycles. The van der Waals surface area contributed by atoms with Crippen molar-refractivity contribution in [2.24, 2.45) is 0 Å². The van der Waals surface area contributed by atoms with Crippen molar-refractivity contribution in [3.63, 3.8) is 0 Å². The highest BCUT2D eigenvalue weighted by Crippen LogP contribution is 2.25. The van der Waals surface area contributed by atoms with Gasteiger partial charge >= 0.3 is 0 Å². The van der Waals surface area contributed by atoms with Crippen LogP contribution in [0.5, 0.6) is 0 Å². The standard InChI is InChI=1S/C14H19NO3/c1-2-18-13-9-11(13)15-14(17)12(16)8-10-6-4-3-5-7-10/h3-7,11-13,16H,2,8-9H2,1H3,(H,15,17)/t11-,12+,13-/m1/s1. The lowest BCUT2D eigenvalue weighted by atomic mass is 10.1. The van der Waals surface area contributed by atoms with E-state index in [0.29, 0.717) is 13.0 Å². The van der Waals surface area contributed by atoms with E-state index in [-0.39, 0.29) is 18.1 Å². The highest BCUT2D eigenvalue weighted by molar-refractivity contribution is 5.81. The van der Waals surface area contributed by atoms with Crippen molar-refractivity contribution in [1.29, 1.82) is 0 Å². The molecular formula is C14H19NO3. The van der Waals surface area contributed by atoms with E-state index in [2.05, 4.69) is 5.32 Å². The molecule has 4 heteroatoms. The molecule has 0 bridgehead atoms. The lowest BCUT2D eigenvalue weighted by Crippen LogP contribution is -2.38. The summed E-state index contributed by atoms with van der Waals surface area (Å²) in [6.07, 6.45) is 0.328. The van der Waals surface area contributed by atoms with E-state index in [1.807, 2.05) is 37.3 Å². The van der Waals surface area contributed by atoms with Crippen LogP contribution in [0.3, 0.4) is 0 Å². The maximum absolute atomic E-state index is 11.7. The van der Waals surface area contributed by atoms with Gasteiger partial charge in [-0.2, -0.15) is 0 Å². The van der Waals surface area contributed by atoms with Crippen molar-refractivity contribution in [1.82, 2.24) is 5.32 Å². The Morgan fingerprint density at radius 1 is 1.50 bits per heavy atom. The second-order valence-electron chi connectivity index (χ2n) is 4.55. The summed E-state index contributed by atoms with van der Waals surface area (Å²) < 4.78 is 5.37. The summed E-state index contributed by atoms with van der Waals surface area (Å²) in [6.45, 7) is 2.59. The molecule has 1 aromatic rings. The topological polar surface area (TPSA) is 58.6 Å². The molecule has 1 fully saturated rings. The zero-order valence-corrected chi connectivity index (χ0v) is 10.5. The Hall–Kier alpha value is -1.39. The molecule has 18 heavy (non-hydrogen) atoms. The van der Waals surface area contributed by atoms with E-state index in [1.54, 1.807) is 0 Å². The van der Waals surface area contributed by atoms with Gasteiger partial charge in [0.05, 0.1) is 12.1 Å². The Kier molecular flexibility index (Phi) is 4.33. The molecule has 1 amide bonds. The average Bonchev–Trinajstić information content (AvgIpc) is 3.09. The lowest BCUT2D eigenvalue weighted by molar-refractivity contribution is -0.129. The lowest BCUT2D eigenvalue weighted by Gasteiger charge is -2.11. The Morgan fingerprint density at radius 3 is 2.89 bits per heavy atom. The van der Waals surface area contributed by atoms with Crippen LogP contribution in [-0.4, -0.2) is 35.9 Å². The minimum absolute atomic E-state index is 0.0721. The number of aliphatic hydroxyl groups is 1. The van der Waals surface area contributed by atoms with E-state index >= 15 is 0 Å². The van der Waals surface area contributed by atoms with Crippen LogP contribution in [0.25, 0.3) is 0 Å². The zero-order valence-electron chi connectivity index (χ0n) is 10.5. The quantitative estimate of drug-likeness (QED) is 0.787. The van der Waals surface area contributed by atoms with Gasteiger partial charge in [0.15, 0.2) is 0 Å². The first-order chi connectivity index (χ1) is 8.70. The third kappa shape index (κ3) is 3.55. The van der Waals surface area contributed by atoms with Crippen LogP contribution in [0.4, 0.5) is 0 Å². The van der Waals surface area contributed by atoms with Gasteiger partial charge in [-0.25, -0.2) is 0 Å². The molecule has 0 radical (unpaired) electrons. The number of aliphatic hydroxyl groups excluding tert-OH is 1. The Balaban J connectivity index is 1.76. The summed E-state index contributed by atoms with van der Waals surface area (Å²) in [5.41, 5.74) is 0.956. The SMILES string of the molecule is CCO[C@@H]1C[C@H]1NC(=O)[C@@H](O)Cc1ccccc1. The maximum Gasteiger partial charge on any atom is 0.249 e. The smallest absolute Gasteiger partial charge is 0.249 e. The second-order valence-corrected chi connectivity index (χ2v) is 4.55. The monoisotopic (exact) mass is 249 g/mol. The number of hydrogen-bond acceptors (Lipinski definition) is 3. The molecule has 98 valence electrons. The first-order valence-corrected chi connectivity index (χ1v) is 6.34. The minimum atomic E-state index is -0.990. The molecule has 1 aliphatic carbocycles. The molecule has 4 nitrogen and oxygen atoms in total. The largest absolute Gasteiger partial charge is 0.383 e. The van der Waals surface area contributed by atoms with Gasteiger partial charge in [-0.1, -0.05) is 30.3 Å². The second kappa shape index (κ2) is 5.98. The summed E-state index contributed by atoms with van der Waals surface area (Å²) in [6, 6.07) is 9.57. The van der Waals surface area contributed by atoms with E-state index < -0.39 is 6.10 Å². The molecule has 0 aliphatic heterocycles. The predicted octanol–water partition coefficient (Wildman–Crippen LogP) is 0.884. The molecule has 0 spiro atoms. The van der Waals surface area contributed by atoms with Crippen LogP contribution in [0, 0.1) is 0 Å². The van der Waals surface area contributed by atoms with E-state index in [0.717, 1.165) is 12.0 Å². The fourth-order valence-electron chi connectivity index (χ4n) is 1.93. The Bertz CT molecular complexity index is 393. The van der Waals surface area contributed by atoms with Crippen molar-refractivity contribution in [2.45, 2.75) is 38.0 Å². The van der Waals surface area contributed by atoms with Crippen molar-refractivity contribution in [3.8, 4) is 0 Å². The molecule has 3 atom stereocenters. The third-order valence-corrected chi connectivity index (χ3v) is 3.01. The summed E-state index contributed by atoms with van der Waals surface area (Å²) in [5.74, 6) is -0.314. The van der Waals surface area contributed by atoms with Gasteiger partial charge in [0.2, 0.25) is 5.91 Å². The van der Waals surface area contributed by atoms with Gasteiger partial charge in [-0.05, 0) is 18.9 Å². The van der Waals surface area contributed by atoms with Crippen LogP contribution < -0.4 is 5.32 Å². The number of carbonyl (C=O) groups is 1. The zero-order chi connectivity index (χ0) is 13.0. The summed E-state index contributed by atoms with van der Waals surface area (Å²) >= 11 is 0. The number of benzene rings is 1. The maximum atomic E-state index is 11.7. The van der Waals surface area contributed by atoms with E-state index in [1.165, 1.54) is 0 Å². The van der Waals surface area contributed by atoms with E-state index in [9.17, 15) is 9.90 Å². The number of nitrogens with one attached hydrogen (secondary N) is 1.